The maximum Gasteiger partial charge on any atom is 0.293 e. The van der Waals surface area contributed by atoms with Crippen LogP contribution in [0, 0.1) is 0 Å². The number of carbonyl (C=O) groups is 1. The SMILES string of the molecule is C1=NCC[NH2+]1.CCCCOC=O. The second-order valence-corrected chi connectivity index (χ2v) is 2.40. The molecule has 1 heterocycles. The molecule has 1 aliphatic heterocycles. The molecule has 4 nitrogen and oxygen atoms in total. The highest BCUT2D eigenvalue weighted by atomic mass is 16.5. The molecule has 0 spiro atoms. The summed E-state index contributed by atoms with van der Waals surface area (Å²) in [5.41, 5.74) is 0. The molecular weight excluding hydrogens is 156 g/mol. The average molecular weight is 173 g/mol. The summed E-state index contributed by atoms with van der Waals surface area (Å²) in [5, 5.41) is 2.07. The number of carbonyl (C=O) groups excluding carboxylic acids is 1. The van der Waals surface area contributed by atoms with Crippen LogP contribution in [0.2, 0.25) is 0 Å². The quantitative estimate of drug-likeness (QED) is 0.462. The van der Waals surface area contributed by atoms with E-state index in [1.54, 1.807) is 0 Å². The minimum absolute atomic E-state index is 0.482. The van der Waals surface area contributed by atoms with E-state index in [-0.39, 0.29) is 0 Å². The van der Waals surface area contributed by atoms with E-state index >= 15 is 0 Å². The van der Waals surface area contributed by atoms with Crippen LogP contribution < -0.4 is 5.32 Å². The molecular formula is C8H17N2O2+. The topological polar surface area (TPSA) is 55.3 Å². The molecule has 0 unspecified atom stereocenters. The Kier molecular flexibility index (Phi) is 9.34. The van der Waals surface area contributed by atoms with Crippen LogP contribution in [-0.4, -0.2) is 32.5 Å². The number of quaternary nitrogens is 1. The number of unbranched alkanes of at least 4 members (excludes halogenated alkanes) is 1. The predicted octanol–water partition coefficient (Wildman–Crippen LogP) is -0.449. The molecule has 0 aromatic rings. The summed E-state index contributed by atoms with van der Waals surface area (Å²) in [4.78, 5) is 13.4. The van der Waals surface area contributed by atoms with Crippen molar-refractivity contribution in [3.05, 3.63) is 0 Å². The zero-order valence-corrected chi connectivity index (χ0v) is 7.53. The molecule has 0 radical (unpaired) electrons. The molecule has 0 amide bonds. The molecule has 1 aliphatic rings. The van der Waals surface area contributed by atoms with E-state index in [9.17, 15) is 4.79 Å². The van der Waals surface area contributed by atoms with E-state index in [4.69, 9.17) is 0 Å². The van der Waals surface area contributed by atoms with Crippen molar-refractivity contribution in [3.8, 4) is 0 Å². The second-order valence-electron chi connectivity index (χ2n) is 2.40. The van der Waals surface area contributed by atoms with Crippen molar-refractivity contribution in [3.63, 3.8) is 0 Å². The Bertz CT molecular complexity index is 120. The van der Waals surface area contributed by atoms with Crippen molar-refractivity contribution in [2.75, 3.05) is 19.7 Å². The number of ether oxygens (including phenoxy) is 1. The smallest absolute Gasteiger partial charge is 0.293 e. The summed E-state index contributed by atoms with van der Waals surface area (Å²) in [6.45, 7) is 5.27. The molecule has 0 atom stereocenters. The molecule has 12 heavy (non-hydrogen) atoms. The zero-order valence-electron chi connectivity index (χ0n) is 7.53. The van der Waals surface area contributed by atoms with E-state index in [0.29, 0.717) is 13.1 Å². The first-order valence-corrected chi connectivity index (χ1v) is 4.28. The Morgan fingerprint density at radius 3 is 2.92 bits per heavy atom. The van der Waals surface area contributed by atoms with Crippen molar-refractivity contribution in [1.29, 1.82) is 0 Å². The van der Waals surface area contributed by atoms with Gasteiger partial charge in [-0.25, -0.2) is 4.99 Å². The number of rotatable bonds is 4. The van der Waals surface area contributed by atoms with Gasteiger partial charge in [-0.15, -0.1) is 0 Å². The minimum atomic E-state index is 0.482. The van der Waals surface area contributed by atoms with Gasteiger partial charge in [0, 0.05) is 0 Å². The van der Waals surface area contributed by atoms with E-state index in [0.717, 1.165) is 25.9 Å². The molecule has 0 fully saturated rings. The van der Waals surface area contributed by atoms with E-state index in [2.05, 4.69) is 15.0 Å². The van der Waals surface area contributed by atoms with E-state index < -0.39 is 0 Å². The van der Waals surface area contributed by atoms with Gasteiger partial charge in [0.05, 0.1) is 13.2 Å². The van der Waals surface area contributed by atoms with Crippen molar-refractivity contribution < 1.29 is 14.8 Å². The van der Waals surface area contributed by atoms with Gasteiger partial charge in [-0.05, 0) is 6.42 Å². The molecule has 0 aliphatic carbocycles. The van der Waals surface area contributed by atoms with Crippen LogP contribution in [0.5, 0.6) is 0 Å². The van der Waals surface area contributed by atoms with Gasteiger partial charge in [0.15, 0.2) is 6.34 Å². The standard InChI is InChI=1S/C5H10O2.C3H6N2/c1-2-3-4-7-5-6;1-2-5-3-4-1/h5H,2-4H2,1H3;3H,1-2H2,(H,4,5)/p+1. The molecule has 1 rings (SSSR count). The average Bonchev–Trinajstić information content (AvgIpc) is 2.62. The maximum atomic E-state index is 9.46. The Hall–Kier alpha value is -0.900. The molecule has 0 bridgehead atoms. The van der Waals surface area contributed by atoms with Gasteiger partial charge in [-0.3, -0.25) is 4.79 Å². The molecule has 0 aromatic heterocycles. The van der Waals surface area contributed by atoms with Gasteiger partial charge >= 0.3 is 0 Å². The van der Waals surface area contributed by atoms with Gasteiger partial charge < -0.3 is 10.1 Å². The maximum absolute atomic E-state index is 9.46. The van der Waals surface area contributed by atoms with Crippen molar-refractivity contribution >= 4 is 12.8 Å². The summed E-state index contributed by atoms with van der Waals surface area (Å²) in [6, 6.07) is 0. The third-order valence-electron chi connectivity index (χ3n) is 1.32. The summed E-state index contributed by atoms with van der Waals surface area (Å²) < 4.78 is 4.39. The largest absolute Gasteiger partial charge is 0.468 e. The van der Waals surface area contributed by atoms with Crippen LogP contribution in [0.4, 0.5) is 0 Å². The third-order valence-corrected chi connectivity index (χ3v) is 1.32. The number of hydrogen-bond acceptors (Lipinski definition) is 3. The van der Waals surface area contributed by atoms with E-state index in [1.165, 1.54) is 0 Å². The Labute approximate surface area is 73.0 Å². The summed E-state index contributed by atoms with van der Waals surface area (Å²) in [5.74, 6) is 0. The number of aliphatic imine (C=N–C) groups is 1. The molecule has 4 heteroatoms. The summed E-state index contributed by atoms with van der Waals surface area (Å²) in [7, 11) is 0. The molecule has 70 valence electrons. The van der Waals surface area contributed by atoms with Crippen LogP contribution in [-0.2, 0) is 9.53 Å². The van der Waals surface area contributed by atoms with Crippen LogP contribution in [0.25, 0.3) is 0 Å². The van der Waals surface area contributed by atoms with Crippen LogP contribution in [0.1, 0.15) is 19.8 Å². The van der Waals surface area contributed by atoms with Gasteiger partial charge in [-0.1, -0.05) is 13.3 Å². The highest BCUT2D eigenvalue weighted by molar-refractivity contribution is 5.42. The van der Waals surface area contributed by atoms with Crippen molar-refractivity contribution in [1.82, 2.24) is 0 Å². The normalized spacial score (nSPS) is 13.4. The zero-order chi connectivity index (χ0) is 9.07. The van der Waals surface area contributed by atoms with E-state index in [1.807, 2.05) is 13.3 Å². The van der Waals surface area contributed by atoms with Gasteiger partial charge in [0.25, 0.3) is 6.47 Å². The minimum Gasteiger partial charge on any atom is -0.468 e. The molecule has 0 saturated heterocycles. The highest BCUT2D eigenvalue weighted by Gasteiger charge is 1.88. The Morgan fingerprint density at radius 1 is 1.75 bits per heavy atom. The first-order valence-electron chi connectivity index (χ1n) is 4.28. The summed E-state index contributed by atoms with van der Waals surface area (Å²) in [6.07, 6.45) is 3.91. The molecule has 2 N–H and O–H groups in total. The van der Waals surface area contributed by atoms with Crippen molar-refractivity contribution in [2.24, 2.45) is 4.99 Å². The van der Waals surface area contributed by atoms with Gasteiger partial charge in [0.2, 0.25) is 0 Å². The first-order chi connectivity index (χ1) is 5.91. The van der Waals surface area contributed by atoms with Crippen LogP contribution in [0.15, 0.2) is 4.99 Å². The van der Waals surface area contributed by atoms with Crippen LogP contribution in [0.3, 0.4) is 0 Å². The lowest BCUT2D eigenvalue weighted by Crippen LogP contribution is -2.80. The van der Waals surface area contributed by atoms with Crippen LogP contribution >= 0.6 is 0 Å². The number of nitrogens with zero attached hydrogens (tertiary/aromatic N) is 1. The van der Waals surface area contributed by atoms with Gasteiger partial charge in [0.1, 0.15) is 6.54 Å². The number of hydrogen-bond donors (Lipinski definition) is 1. The fraction of sp³-hybridized carbons (Fsp3) is 0.750. The summed E-state index contributed by atoms with van der Waals surface area (Å²) >= 11 is 0. The second kappa shape index (κ2) is 10.1. The lowest BCUT2D eigenvalue weighted by molar-refractivity contribution is -0.518. The van der Waals surface area contributed by atoms with Crippen molar-refractivity contribution in [2.45, 2.75) is 19.8 Å². The number of nitrogens with two attached hydrogens (primary N) is 1. The monoisotopic (exact) mass is 173 g/mol. The lowest BCUT2D eigenvalue weighted by atomic mass is 10.4. The Balaban J connectivity index is 0.000000211. The fourth-order valence-electron chi connectivity index (χ4n) is 0.648. The lowest BCUT2D eigenvalue weighted by Gasteiger charge is -1.90. The molecule has 0 aromatic carbocycles. The highest BCUT2D eigenvalue weighted by Crippen LogP contribution is 1.83. The predicted molar refractivity (Wildman–Crippen MR) is 47.1 cm³/mol. The van der Waals surface area contributed by atoms with Gasteiger partial charge in [-0.2, -0.15) is 0 Å². The Morgan fingerprint density at radius 2 is 2.58 bits per heavy atom. The third kappa shape index (κ3) is 9.10. The first kappa shape index (κ1) is 11.1. The molecule has 0 saturated carbocycles. The fourth-order valence-corrected chi connectivity index (χ4v) is 0.648.